The first kappa shape index (κ1) is 19.9. The summed E-state index contributed by atoms with van der Waals surface area (Å²) in [6, 6.07) is 3.64. The minimum absolute atomic E-state index is 0.00506. The Hall–Kier alpha value is -2.45. The lowest BCUT2D eigenvalue weighted by Gasteiger charge is -2.15. The summed E-state index contributed by atoms with van der Waals surface area (Å²) >= 11 is 12.1. The zero-order valence-corrected chi connectivity index (χ0v) is 15.0. The summed E-state index contributed by atoms with van der Waals surface area (Å²) in [7, 11) is 1.18. The van der Waals surface area contributed by atoms with Crippen molar-refractivity contribution < 1.29 is 28.2 Å². The van der Waals surface area contributed by atoms with Gasteiger partial charge in [-0.1, -0.05) is 29.3 Å². The molecule has 1 amide bonds. The van der Waals surface area contributed by atoms with Gasteiger partial charge in [-0.3, -0.25) is 4.79 Å². The Morgan fingerprint density at radius 1 is 1.27 bits per heavy atom. The van der Waals surface area contributed by atoms with Crippen LogP contribution >= 0.6 is 23.2 Å². The third-order valence-corrected chi connectivity index (χ3v) is 4.07. The molecular weight excluding hydrogens is 393 g/mol. The number of nitrogens with zero attached hydrogens (tertiary/aromatic N) is 1. The van der Waals surface area contributed by atoms with Crippen LogP contribution < -0.4 is 10.1 Å². The summed E-state index contributed by atoms with van der Waals surface area (Å²) in [5, 5.41) is 11.2. The van der Waals surface area contributed by atoms with Gasteiger partial charge in [0.05, 0.1) is 34.1 Å². The zero-order valence-electron chi connectivity index (χ0n) is 13.4. The van der Waals surface area contributed by atoms with Crippen LogP contribution in [0.25, 0.3) is 11.3 Å². The number of carbonyl (C=O) groups is 2. The van der Waals surface area contributed by atoms with Crippen LogP contribution in [0.4, 0.5) is 14.5 Å². The van der Waals surface area contributed by atoms with E-state index in [1.807, 2.05) is 0 Å². The number of rotatable bonds is 5. The molecule has 0 radical (unpaired) electrons. The Kier molecular flexibility index (Phi) is 5.99. The van der Waals surface area contributed by atoms with Gasteiger partial charge in [0.2, 0.25) is 5.91 Å². The van der Waals surface area contributed by atoms with Gasteiger partial charge in [0.25, 0.3) is 6.43 Å². The number of carbonyl (C=O) groups excluding carboxylic acids is 1. The highest BCUT2D eigenvalue weighted by molar-refractivity contribution is 6.37. The summed E-state index contributed by atoms with van der Waals surface area (Å²) < 4.78 is 31.1. The maximum atomic E-state index is 13.1. The molecule has 0 atom stereocenters. The largest absolute Gasteiger partial charge is 0.495 e. The molecule has 0 aliphatic heterocycles. The highest BCUT2D eigenvalue weighted by atomic mass is 35.5. The molecule has 0 saturated carbocycles. The van der Waals surface area contributed by atoms with Gasteiger partial charge in [0.15, 0.2) is 5.69 Å². The molecule has 0 unspecified atom stereocenters. The van der Waals surface area contributed by atoms with Gasteiger partial charge >= 0.3 is 5.97 Å². The number of halogens is 4. The molecule has 138 valence electrons. The first-order valence-corrected chi connectivity index (χ1v) is 7.79. The molecule has 2 rings (SSSR count). The van der Waals surface area contributed by atoms with E-state index < -0.39 is 29.6 Å². The minimum Gasteiger partial charge on any atom is -0.495 e. The summed E-state index contributed by atoms with van der Waals surface area (Å²) in [6.07, 6.45) is -2.82. The van der Waals surface area contributed by atoms with E-state index in [1.54, 1.807) is 0 Å². The Labute approximate surface area is 156 Å². The molecule has 6 nitrogen and oxygen atoms in total. The second kappa shape index (κ2) is 7.84. The molecule has 1 aromatic heterocycles. The van der Waals surface area contributed by atoms with E-state index in [1.165, 1.54) is 26.2 Å². The van der Waals surface area contributed by atoms with Crippen molar-refractivity contribution >= 4 is 40.8 Å². The fourth-order valence-corrected chi connectivity index (χ4v) is 2.81. The molecule has 2 N–H and O–H groups in total. The van der Waals surface area contributed by atoms with Crippen molar-refractivity contribution in [1.82, 2.24) is 4.98 Å². The van der Waals surface area contributed by atoms with E-state index in [2.05, 4.69) is 10.3 Å². The standard InChI is InChI=1S/C16H12Cl2F2N2O4/c1-6(23)21-10-5-9(22-13(12(10)18)16(24)25)7-3-4-8(15(19)20)14(26-2)11(7)17/h3-5,15H,1-2H3,(H,24,25)(H,21,22,23). The average molecular weight is 405 g/mol. The molecule has 1 aromatic carbocycles. The number of amides is 1. The van der Waals surface area contributed by atoms with Gasteiger partial charge in [-0.25, -0.2) is 18.6 Å². The molecule has 10 heteroatoms. The molecule has 0 saturated heterocycles. The van der Waals surface area contributed by atoms with E-state index in [9.17, 15) is 23.5 Å². The number of aromatic nitrogens is 1. The summed E-state index contributed by atoms with van der Waals surface area (Å²) in [4.78, 5) is 26.6. The van der Waals surface area contributed by atoms with E-state index in [4.69, 9.17) is 27.9 Å². The fourth-order valence-electron chi connectivity index (χ4n) is 2.24. The Bertz CT molecular complexity index is 891. The summed E-state index contributed by atoms with van der Waals surface area (Å²) in [6.45, 7) is 1.21. The van der Waals surface area contributed by atoms with Crippen molar-refractivity contribution in [3.8, 4) is 17.0 Å². The Morgan fingerprint density at radius 2 is 1.92 bits per heavy atom. The number of ether oxygens (including phenoxy) is 1. The first-order chi connectivity index (χ1) is 12.2. The Balaban J connectivity index is 2.74. The number of hydrogen-bond acceptors (Lipinski definition) is 4. The third kappa shape index (κ3) is 3.86. The van der Waals surface area contributed by atoms with Crippen LogP contribution in [0.2, 0.25) is 10.0 Å². The van der Waals surface area contributed by atoms with Gasteiger partial charge in [-0.2, -0.15) is 0 Å². The van der Waals surface area contributed by atoms with Gasteiger partial charge in [0, 0.05) is 12.5 Å². The number of carboxylic acids is 1. The summed E-state index contributed by atoms with van der Waals surface area (Å²) in [5.74, 6) is -2.18. The molecule has 0 aliphatic carbocycles. The second-order valence-corrected chi connectivity index (χ2v) is 5.81. The van der Waals surface area contributed by atoms with Crippen LogP contribution in [-0.2, 0) is 4.79 Å². The predicted octanol–water partition coefficient (Wildman–Crippen LogP) is 4.66. The highest BCUT2D eigenvalue weighted by Gasteiger charge is 2.23. The van der Waals surface area contributed by atoms with Crippen molar-refractivity contribution in [2.24, 2.45) is 0 Å². The van der Waals surface area contributed by atoms with Crippen LogP contribution in [0.15, 0.2) is 18.2 Å². The number of benzene rings is 1. The number of aromatic carboxylic acids is 1. The number of pyridine rings is 1. The fraction of sp³-hybridized carbons (Fsp3) is 0.188. The van der Waals surface area contributed by atoms with E-state index >= 15 is 0 Å². The van der Waals surface area contributed by atoms with Crippen molar-refractivity contribution in [2.75, 3.05) is 12.4 Å². The maximum absolute atomic E-state index is 13.1. The molecule has 1 heterocycles. The Morgan fingerprint density at radius 3 is 2.42 bits per heavy atom. The van der Waals surface area contributed by atoms with Crippen molar-refractivity contribution in [3.63, 3.8) is 0 Å². The molecule has 0 fully saturated rings. The van der Waals surface area contributed by atoms with Crippen molar-refractivity contribution in [1.29, 1.82) is 0 Å². The van der Waals surface area contributed by atoms with Gasteiger partial charge in [-0.15, -0.1) is 0 Å². The average Bonchev–Trinajstić information content (AvgIpc) is 2.55. The lowest BCUT2D eigenvalue weighted by Crippen LogP contribution is -2.11. The van der Waals surface area contributed by atoms with Gasteiger partial charge in [-0.05, 0) is 12.1 Å². The summed E-state index contributed by atoms with van der Waals surface area (Å²) in [5.41, 5.74) is -0.801. The van der Waals surface area contributed by atoms with Crippen LogP contribution in [0.5, 0.6) is 5.75 Å². The van der Waals surface area contributed by atoms with Crippen molar-refractivity contribution in [3.05, 3.63) is 39.5 Å². The topological polar surface area (TPSA) is 88.5 Å². The normalized spacial score (nSPS) is 10.7. The predicted molar refractivity (Wildman–Crippen MR) is 92.5 cm³/mol. The smallest absolute Gasteiger partial charge is 0.356 e. The number of methoxy groups -OCH3 is 1. The monoisotopic (exact) mass is 404 g/mol. The number of hydrogen-bond donors (Lipinski definition) is 2. The number of nitrogens with one attached hydrogen (secondary N) is 1. The van der Waals surface area contributed by atoms with E-state index in [0.29, 0.717) is 0 Å². The quantitative estimate of drug-likeness (QED) is 0.756. The minimum atomic E-state index is -2.82. The van der Waals surface area contributed by atoms with Crippen LogP contribution in [0, 0.1) is 0 Å². The van der Waals surface area contributed by atoms with E-state index in [-0.39, 0.29) is 32.7 Å². The number of anilines is 1. The lowest BCUT2D eigenvalue weighted by atomic mass is 10.1. The zero-order chi connectivity index (χ0) is 19.6. The molecule has 26 heavy (non-hydrogen) atoms. The molecular formula is C16H12Cl2F2N2O4. The molecule has 0 aliphatic rings. The van der Waals surface area contributed by atoms with E-state index in [0.717, 1.165) is 6.07 Å². The van der Waals surface area contributed by atoms with Gasteiger partial charge < -0.3 is 15.2 Å². The maximum Gasteiger partial charge on any atom is 0.356 e. The first-order valence-electron chi connectivity index (χ1n) is 7.03. The van der Waals surface area contributed by atoms with Gasteiger partial charge in [0.1, 0.15) is 5.75 Å². The molecule has 2 aromatic rings. The highest BCUT2D eigenvalue weighted by Crippen LogP contribution is 2.42. The number of alkyl halides is 2. The van der Waals surface area contributed by atoms with Crippen molar-refractivity contribution in [2.45, 2.75) is 13.3 Å². The molecule has 0 spiro atoms. The van der Waals surface area contributed by atoms with Crippen LogP contribution in [-0.4, -0.2) is 29.1 Å². The molecule has 0 bridgehead atoms. The third-order valence-electron chi connectivity index (χ3n) is 3.31. The second-order valence-electron chi connectivity index (χ2n) is 5.05. The number of carboxylic acid groups (broad SMARTS) is 1. The lowest BCUT2D eigenvalue weighted by molar-refractivity contribution is -0.114. The van der Waals surface area contributed by atoms with Crippen LogP contribution in [0.3, 0.4) is 0 Å². The van der Waals surface area contributed by atoms with Crippen LogP contribution in [0.1, 0.15) is 29.4 Å². The SMILES string of the molecule is COc1c(C(F)F)ccc(-c2cc(NC(C)=O)c(Cl)c(C(=O)O)n2)c1Cl.